The average molecular weight is 290 g/mol. The minimum absolute atomic E-state index is 0.0567. The summed E-state index contributed by atoms with van der Waals surface area (Å²) < 4.78 is 18.9. The van der Waals surface area contributed by atoms with Crippen molar-refractivity contribution in [1.29, 1.82) is 0 Å². The first kappa shape index (κ1) is 14.1. The summed E-state index contributed by atoms with van der Waals surface area (Å²) in [5, 5.41) is 3.68. The lowest BCUT2D eigenvalue weighted by atomic mass is 10.1. The average Bonchev–Trinajstić information content (AvgIpc) is 3.06. The lowest BCUT2D eigenvalue weighted by Gasteiger charge is -2.10. The highest BCUT2D eigenvalue weighted by Crippen LogP contribution is 2.23. The van der Waals surface area contributed by atoms with E-state index in [0.29, 0.717) is 6.54 Å². The number of amides is 1. The van der Waals surface area contributed by atoms with Crippen molar-refractivity contribution in [3.05, 3.63) is 35.3 Å². The van der Waals surface area contributed by atoms with Crippen molar-refractivity contribution in [2.45, 2.75) is 32.3 Å². The van der Waals surface area contributed by atoms with Crippen molar-refractivity contribution >= 4 is 16.8 Å². The molecule has 112 valence electrons. The quantitative estimate of drug-likeness (QED) is 0.909. The topological polar surface area (TPSA) is 54.1 Å². The van der Waals surface area contributed by atoms with E-state index >= 15 is 0 Å². The Bertz CT molecular complexity index is 660. The second-order valence-electron chi connectivity index (χ2n) is 5.53. The monoisotopic (exact) mass is 290 g/mol. The molecule has 1 fully saturated rings. The molecule has 5 heteroatoms. The van der Waals surface area contributed by atoms with E-state index in [9.17, 15) is 9.18 Å². The molecule has 2 aromatic rings. The molecular weight excluding hydrogens is 271 g/mol. The van der Waals surface area contributed by atoms with Crippen LogP contribution < -0.4 is 5.32 Å². The van der Waals surface area contributed by atoms with Gasteiger partial charge in [0.2, 0.25) is 5.91 Å². The van der Waals surface area contributed by atoms with Gasteiger partial charge in [-0.15, -0.1) is 0 Å². The fourth-order valence-corrected chi connectivity index (χ4v) is 2.84. The summed E-state index contributed by atoms with van der Waals surface area (Å²) in [6.07, 6.45) is 2.44. The van der Waals surface area contributed by atoms with Crippen LogP contribution in [0.25, 0.3) is 10.9 Å². The Morgan fingerprint density at radius 3 is 3.14 bits per heavy atom. The number of aromatic nitrogens is 1. The molecule has 1 aliphatic rings. The molecule has 0 saturated carbocycles. The Morgan fingerprint density at radius 1 is 1.52 bits per heavy atom. The molecule has 0 bridgehead atoms. The molecule has 0 spiro atoms. The molecule has 3 rings (SSSR count). The van der Waals surface area contributed by atoms with E-state index in [4.69, 9.17) is 4.74 Å². The third kappa shape index (κ3) is 3.08. The van der Waals surface area contributed by atoms with Gasteiger partial charge in [0.25, 0.3) is 0 Å². The largest absolute Gasteiger partial charge is 0.376 e. The number of ether oxygens (including phenoxy) is 1. The number of hydrogen-bond donors (Lipinski definition) is 2. The number of aromatic amines is 1. The van der Waals surface area contributed by atoms with Crippen LogP contribution in [0.2, 0.25) is 0 Å². The second kappa shape index (κ2) is 5.85. The minimum Gasteiger partial charge on any atom is -0.376 e. The van der Waals surface area contributed by atoms with Gasteiger partial charge in [-0.05, 0) is 43.5 Å². The lowest BCUT2D eigenvalue weighted by Crippen LogP contribution is -2.32. The molecular formula is C16H19FN2O2. The number of benzene rings is 1. The number of nitrogens with one attached hydrogen (secondary N) is 2. The highest BCUT2D eigenvalue weighted by atomic mass is 19.1. The summed E-state index contributed by atoms with van der Waals surface area (Å²) in [7, 11) is 0. The van der Waals surface area contributed by atoms with Crippen molar-refractivity contribution in [3.8, 4) is 0 Å². The predicted molar refractivity (Wildman–Crippen MR) is 78.7 cm³/mol. The van der Waals surface area contributed by atoms with Gasteiger partial charge in [-0.1, -0.05) is 0 Å². The number of fused-ring (bicyclic) bond motifs is 1. The van der Waals surface area contributed by atoms with Gasteiger partial charge in [-0.25, -0.2) is 4.39 Å². The van der Waals surface area contributed by atoms with Crippen LogP contribution >= 0.6 is 0 Å². The van der Waals surface area contributed by atoms with Crippen LogP contribution in [-0.2, 0) is 16.0 Å². The number of carbonyl (C=O) groups excluding carboxylic acids is 1. The van der Waals surface area contributed by atoms with Crippen LogP contribution in [-0.4, -0.2) is 30.1 Å². The Balaban J connectivity index is 1.70. The van der Waals surface area contributed by atoms with Crippen LogP contribution in [0, 0.1) is 12.7 Å². The summed E-state index contributed by atoms with van der Waals surface area (Å²) in [6, 6.07) is 4.59. The maximum Gasteiger partial charge on any atom is 0.224 e. The minimum atomic E-state index is -0.289. The Kier molecular flexibility index (Phi) is 3.92. The van der Waals surface area contributed by atoms with Crippen LogP contribution in [0.5, 0.6) is 0 Å². The van der Waals surface area contributed by atoms with E-state index in [1.54, 1.807) is 6.07 Å². The van der Waals surface area contributed by atoms with Gasteiger partial charge < -0.3 is 15.0 Å². The smallest absolute Gasteiger partial charge is 0.224 e. The molecule has 0 unspecified atom stereocenters. The van der Waals surface area contributed by atoms with Crippen molar-refractivity contribution in [1.82, 2.24) is 10.3 Å². The molecule has 2 N–H and O–H groups in total. The van der Waals surface area contributed by atoms with E-state index in [1.165, 1.54) is 12.1 Å². The fraction of sp³-hybridized carbons (Fsp3) is 0.438. The molecule has 1 amide bonds. The Morgan fingerprint density at radius 2 is 2.38 bits per heavy atom. The Hall–Kier alpha value is -1.88. The zero-order valence-electron chi connectivity index (χ0n) is 12.0. The van der Waals surface area contributed by atoms with E-state index < -0.39 is 0 Å². The maximum atomic E-state index is 13.4. The first-order valence-electron chi connectivity index (χ1n) is 7.28. The summed E-state index contributed by atoms with van der Waals surface area (Å²) in [6.45, 7) is 3.23. The second-order valence-corrected chi connectivity index (χ2v) is 5.53. The highest BCUT2D eigenvalue weighted by molar-refractivity contribution is 5.90. The molecule has 2 heterocycles. The predicted octanol–water partition coefficient (Wildman–Crippen LogP) is 2.45. The molecule has 0 radical (unpaired) electrons. The van der Waals surface area contributed by atoms with E-state index in [0.717, 1.165) is 41.6 Å². The number of hydrogen-bond acceptors (Lipinski definition) is 2. The maximum absolute atomic E-state index is 13.4. The summed E-state index contributed by atoms with van der Waals surface area (Å²) in [4.78, 5) is 15.3. The third-order valence-electron chi connectivity index (χ3n) is 3.97. The Labute approximate surface area is 122 Å². The molecule has 1 aromatic heterocycles. The molecule has 1 aliphatic heterocycles. The van der Waals surface area contributed by atoms with Crippen molar-refractivity contribution < 1.29 is 13.9 Å². The number of aryl methyl sites for hydroxylation is 1. The van der Waals surface area contributed by atoms with Crippen molar-refractivity contribution in [2.24, 2.45) is 0 Å². The SMILES string of the molecule is Cc1[nH]c2ccc(F)cc2c1CC(=O)NC[C@H]1CCCO1. The van der Waals surface area contributed by atoms with E-state index in [-0.39, 0.29) is 24.2 Å². The van der Waals surface area contributed by atoms with Gasteiger partial charge in [-0.3, -0.25) is 4.79 Å². The highest BCUT2D eigenvalue weighted by Gasteiger charge is 2.17. The number of H-pyrrole nitrogens is 1. The number of rotatable bonds is 4. The van der Waals surface area contributed by atoms with Crippen LogP contribution in [0.1, 0.15) is 24.1 Å². The third-order valence-corrected chi connectivity index (χ3v) is 3.97. The van der Waals surface area contributed by atoms with Crippen molar-refractivity contribution in [2.75, 3.05) is 13.2 Å². The fourth-order valence-electron chi connectivity index (χ4n) is 2.84. The number of halogens is 1. The van der Waals surface area contributed by atoms with Crippen LogP contribution in [0.4, 0.5) is 4.39 Å². The van der Waals surface area contributed by atoms with Crippen LogP contribution in [0.3, 0.4) is 0 Å². The van der Waals surface area contributed by atoms with Gasteiger partial charge in [-0.2, -0.15) is 0 Å². The van der Waals surface area contributed by atoms with E-state index in [2.05, 4.69) is 10.3 Å². The summed E-state index contributed by atoms with van der Waals surface area (Å²) in [5.41, 5.74) is 2.62. The molecule has 1 aromatic carbocycles. The van der Waals surface area contributed by atoms with Gasteiger partial charge in [0.15, 0.2) is 0 Å². The van der Waals surface area contributed by atoms with Gasteiger partial charge in [0.05, 0.1) is 12.5 Å². The molecule has 4 nitrogen and oxygen atoms in total. The van der Waals surface area contributed by atoms with Crippen LogP contribution in [0.15, 0.2) is 18.2 Å². The molecule has 21 heavy (non-hydrogen) atoms. The normalized spacial score (nSPS) is 18.3. The first-order chi connectivity index (χ1) is 10.1. The molecule has 0 aliphatic carbocycles. The zero-order chi connectivity index (χ0) is 14.8. The summed E-state index contributed by atoms with van der Waals surface area (Å²) in [5.74, 6) is -0.346. The van der Waals surface area contributed by atoms with Gasteiger partial charge >= 0.3 is 0 Å². The first-order valence-corrected chi connectivity index (χ1v) is 7.28. The standard InChI is InChI=1S/C16H19FN2O2/c1-10-13(14-7-11(17)4-5-15(14)19-10)8-16(20)18-9-12-3-2-6-21-12/h4-5,7,12,19H,2-3,6,8-9H2,1H3,(H,18,20)/t12-/m1/s1. The molecule has 1 atom stereocenters. The van der Waals surface area contributed by atoms with Gasteiger partial charge in [0, 0.05) is 29.7 Å². The van der Waals surface area contributed by atoms with Crippen molar-refractivity contribution in [3.63, 3.8) is 0 Å². The lowest BCUT2D eigenvalue weighted by molar-refractivity contribution is -0.120. The van der Waals surface area contributed by atoms with Gasteiger partial charge in [0.1, 0.15) is 5.82 Å². The van der Waals surface area contributed by atoms with E-state index in [1.807, 2.05) is 6.92 Å². The zero-order valence-corrected chi connectivity index (χ0v) is 12.0. The molecule has 1 saturated heterocycles. The number of carbonyl (C=O) groups is 1. The summed E-state index contributed by atoms with van der Waals surface area (Å²) >= 11 is 0.